The molecule has 0 spiro atoms. The van der Waals surface area contributed by atoms with Crippen LogP contribution < -0.4 is 0 Å². The molecule has 0 saturated carbocycles. The molecular formula is C7H12N2O2S. The van der Waals surface area contributed by atoms with E-state index in [9.17, 15) is 4.79 Å². The predicted molar refractivity (Wildman–Crippen MR) is 47.2 cm³/mol. The van der Waals surface area contributed by atoms with Gasteiger partial charge in [0.05, 0.1) is 0 Å². The molecule has 0 unspecified atom stereocenters. The van der Waals surface area contributed by atoms with Crippen molar-refractivity contribution >= 4 is 18.0 Å². The minimum absolute atomic E-state index is 0.472. The van der Waals surface area contributed by atoms with Crippen LogP contribution in [0.5, 0.6) is 0 Å². The number of nitrogens with zero attached hydrogens (tertiary/aromatic N) is 2. The van der Waals surface area contributed by atoms with E-state index in [1.54, 1.807) is 0 Å². The highest BCUT2D eigenvalue weighted by molar-refractivity contribution is 7.97. The summed E-state index contributed by atoms with van der Waals surface area (Å²) in [6, 6.07) is 0.472. The van der Waals surface area contributed by atoms with Crippen molar-refractivity contribution in [3.8, 4) is 0 Å². The molecule has 5 heteroatoms. The summed E-state index contributed by atoms with van der Waals surface area (Å²) in [6.07, 6.45) is 0.362. The van der Waals surface area contributed by atoms with Crippen molar-refractivity contribution in [1.82, 2.24) is 9.21 Å². The summed E-state index contributed by atoms with van der Waals surface area (Å²) in [5, 5.41) is 8.76. The van der Waals surface area contributed by atoms with E-state index in [0.717, 1.165) is 18.7 Å². The van der Waals surface area contributed by atoms with Crippen LogP contribution in [0.1, 0.15) is 6.42 Å². The van der Waals surface area contributed by atoms with Crippen molar-refractivity contribution in [2.24, 2.45) is 0 Å². The maximum absolute atomic E-state index is 10.6. The number of carboxylic acid groups (broad SMARTS) is 1. The average Bonchev–Trinajstić information content (AvgIpc) is 2.49. The third kappa shape index (κ3) is 1.38. The van der Waals surface area contributed by atoms with Gasteiger partial charge in [0.25, 0.3) is 0 Å². The largest absolute Gasteiger partial charge is 0.465 e. The number of piperazine rings is 1. The zero-order valence-electron chi connectivity index (χ0n) is 6.77. The van der Waals surface area contributed by atoms with Crippen molar-refractivity contribution in [2.75, 3.05) is 25.4 Å². The molecule has 2 saturated heterocycles. The average molecular weight is 188 g/mol. The summed E-state index contributed by atoms with van der Waals surface area (Å²) in [7, 11) is 0. The second-order valence-electron chi connectivity index (χ2n) is 3.15. The van der Waals surface area contributed by atoms with Crippen LogP contribution in [0.25, 0.3) is 0 Å². The van der Waals surface area contributed by atoms with Crippen molar-refractivity contribution in [3.63, 3.8) is 0 Å². The van der Waals surface area contributed by atoms with E-state index in [1.807, 2.05) is 11.9 Å². The molecule has 0 aromatic heterocycles. The van der Waals surface area contributed by atoms with Gasteiger partial charge < -0.3 is 10.0 Å². The number of hydrogen-bond donors (Lipinski definition) is 1. The first-order valence-corrected chi connectivity index (χ1v) is 5.09. The van der Waals surface area contributed by atoms with E-state index in [-0.39, 0.29) is 0 Å². The third-order valence-corrected chi connectivity index (χ3v) is 3.64. The predicted octanol–water partition coefficient (Wildman–Crippen LogP) is 0.703. The maximum atomic E-state index is 10.6. The molecule has 1 N–H and O–H groups in total. The van der Waals surface area contributed by atoms with Gasteiger partial charge in [-0.15, -0.1) is 0 Å². The Bertz CT molecular complexity index is 200. The van der Waals surface area contributed by atoms with E-state index in [4.69, 9.17) is 5.11 Å². The summed E-state index contributed by atoms with van der Waals surface area (Å²) < 4.78 is 2.32. The first kappa shape index (κ1) is 8.19. The van der Waals surface area contributed by atoms with Gasteiger partial charge in [-0.25, -0.2) is 9.10 Å². The highest BCUT2D eigenvalue weighted by Gasteiger charge is 2.32. The molecule has 0 aromatic rings. The molecule has 2 heterocycles. The molecule has 0 aromatic carbocycles. The molecule has 12 heavy (non-hydrogen) atoms. The Balaban J connectivity index is 1.96. The second-order valence-corrected chi connectivity index (χ2v) is 4.28. The molecule has 2 fully saturated rings. The van der Waals surface area contributed by atoms with E-state index in [1.165, 1.54) is 4.90 Å². The smallest absolute Gasteiger partial charge is 0.407 e. The van der Waals surface area contributed by atoms with Crippen LogP contribution in [0.15, 0.2) is 0 Å². The fraction of sp³-hybridized carbons (Fsp3) is 0.857. The Morgan fingerprint density at radius 1 is 1.50 bits per heavy atom. The van der Waals surface area contributed by atoms with Gasteiger partial charge >= 0.3 is 6.09 Å². The number of hydrogen-bond acceptors (Lipinski definition) is 3. The standard InChI is InChI=1S/C7H12N2O2S/c10-7(11)8-2-3-9-6(5-8)1-4-12-9/h6H,1-5H2,(H,10,11)/t6-/m0/s1. The fourth-order valence-electron chi connectivity index (χ4n) is 1.72. The fourth-order valence-corrected chi connectivity index (χ4v) is 2.93. The van der Waals surface area contributed by atoms with Gasteiger partial charge in [-0.1, -0.05) is 11.9 Å². The third-order valence-electron chi connectivity index (χ3n) is 2.41. The van der Waals surface area contributed by atoms with Gasteiger partial charge in [0.1, 0.15) is 0 Å². The topological polar surface area (TPSA) is 43.8 Å². The molecule has 0 bridgehead atoms. The molecule has 2 aliphatic rings. The Hall–Kier alpha value is -0.420. The molecule has 2 rings (SSSR count). The molecule has 2 aliphatic heterocycles. The number of amides is 1. The lowest BCUT2D eigenvalue weighted by Crippen LogP contribution is -2.49. The summed E-state index contributed by atoms with van der Waals surface area (Å²) in [5.74, 6) is 1.15. The van der Waals surface area contributed by atoms with Crippen LogP contribution in [-0.4, -0.2) is 51.8 Å². The van der Waals surface area contributed by atoms with E-state index in [2.05, 4.69) is 4.31 Å². The molecule has 0 radical (unpaired) electrons. The summed E-state index contributed by atoms with van der Waals surface area (Å²) in [6.45, 7) is 2.25. The highest BCUT2D eigenvalue weighted by Crippen LogP contribution is 2.29. The highest BCUT2D eigenvalue weighted by atomic mass is 32.2. The Morgan fingerprint density at radius 3 is 3.08 bits per heavy atom. The zero-order valence-corrected chi connectivity index (χ0v) is 7.59. The zero-order chi connectivity index (χ0) is 8.55. The van der Waals surface area contributed by atoms with E-state index in [0.29, 0.717) is 19.1 Å². The van der Waals surface area contributed by atoms with Gasteiger partial charge in [0.2, 0.25) is 0 Å². The molecule has 4 nitrogen and oxygen atoms in total. The summed E-state index contributed by atoms with van der Waals surface area (Å²) >= 11 is 1.85. The quantitative estimate of drug-likeness (QED) is 0.568. The number of carbonyl (C=O) groups is 1. The lowest BCUT2D eigenvalue weighted by atomic mass is 10.2. The molecule has 0 aliphatic carbocycles. The number of fused-ring (bicyclic) bond motifs is 1. The normalized spacial score (nSPS) is 30.3. The van der Waals surface area contributed by atoms with Crippen molar-refractivity contribution in [3.05, 3.63) is 0 Å². The van der Waals surface area contributed by atoms with Crippen molar-refractivity contribution < 1.29 is 9.90 Å². The SMILES string of the molecule is O=C(O)N1CCN2SCC[C@H]2C1. The van der Waals surface area contributed by atoms with Crippen LogP contribution in [0, 0.1) is 0 Å². The molecule has 68 valence electrons. The van der Waals surface area contributed by atoms with Crippen molar-refractivity contribution in [2.45, 2.75) is 12.5 Å². The van der Waals surface area contributed by atoms with Gasteiger partial charge in [-0.05, 0) is 6.42 Å². The van der Waals surface area contributed by atoms with Gasteiger partial charge in [-0.3, -0.25) is 0 Å². The monoisotopic (exact) mass is 188 g/mol. The van der Waals surface area contributed by atoms with Crippen LogP contribution >= 0.6 is 11.9 Å². The molecular weight excluding hydrogens is 176 g/mol. The second kappa shape index (κ2) is 3.14. The van der Waals surface area contributed by atoms with Crippen LogP contribution in [0.2, 0.25) is 0 Å². The van der Waals surface area contributed by atoms with E-state index >= 15 is 0 Å². The minimum Gasteiger partial charge on any atom is -0.465 e. The number of rotatable bonds is 0. The summed E-state index contributed by atoms with van der Waals surface area (Å²) in [4.78, 5) is 12.2. The van der Waals surface area contributed by atoms with Gasteiger partial charge in [0.15, 0.2) is 0 Å². The Morgan fingerprint density at radius 2 is 2.33 bits per heavy atom. The minimum atomic E-state index is -0.772. The van der Waals surface area contributed by atoms with E-state index < -0.39 is 6.09 Å². The Labute approximate surface area is 75.7 Å². The summed E-state index contributed by atoms with van der Waals surface area (Å²) in [5.41, 5.74) is 0. The maximum Gasteiger partial charge on any atom is 0.407 e. The molecule has 1 amide bonds. The lowest BCUT2D eigenvalue weighted by molar-refractivity contribution is 0.111. The Kier molecular flexibility index (Phi) is 2.14. The van der Waals surface area contributed by atoms with Gasteiger partial charge in [0, 0.05) is 31.4 Å². The first-order valence-electron chi connectivity index (χ1n) is 4.15. The van der Waals surface area contributed by atoms with Crippen molar-refractivity contribution in [1.29, 1.82) is 0 Å². The van der Waals surface area contributed by atoms with Crippen LogP contribution in [0.3, 0.4) is 0 Å². The first-order chi connectivity index (χ1) is 5.77. The lowest BCUT2D eigenvalue weighted by Gasteiger charge is -2.34. The van der Waals surface area contributed by atoms with Gasteiger partial charge in [-0.2, -0.15) is 0 Å². The molecule has 1 atom stereocenters. The van der Waals surface area contributed by atoms with Crippen LogP contribution in [0.4, 0.5) is 4.79 Å². The van der Waals surface area contributed by atoms with Crippen LogP contribution in [-0.2, 0) is 0 Å².